The third-order valence-corrected chi connectivity index (χ3v) is 11.5. The van der Waals surface area contributed by atoms with Crippen molar-refractivity contribution in [3.63, 3.8) is 0 Å². The van der Waals surface area contributed by atoms with Crippen LogP contribution < -0.4 is 26.6 Å². The summed E-state index contributed by atoms with van der Waals surface area (Å²) >= 11 is 0. The van der Waals surface area contributed by atoms with E-state index in [9.17, 15) is 43.0 Å². The fourth-order valence-corrected chi connectivity index (χ4v) is 8.48. The Balaban J connectivity index is 1.70. The van der Waals surface area contributed by atoms with Crippen LogP contribution in [0.25, 0.3) is 0 Å². The fraction of sp³-hybridized carbons (Fsp3) is 0.558. The number of amides is 7. The van der Waals surface area contributed by atoms with Crippen LogP contribution in [0.1, 0.15) is 106 Å². The average Bonchev–Trinajstić information content (AvgIpc) is 3.43. The van der Waals surface area contributed by atoms with E-state index < -0.39 is 79.5 Å². The maximum atomic E-state index is 13.8. The van der Waals surface area contributed by atoms with E-state index in [1.54, 1.807) is 48.5 Å². The molecule has 7 amide bonds. The number of hydrogen-bond acceptors (Lipinski definition) is 9. The van der Waals surface area contributed by atoms with Crippen molar-refractivity contribution in [1.82, 2.24) is 31.5 Å². The summed E-state index contributed by atoms with van der Waals surface area (Å²) in [5.41, 5.74) is 1.37. The number of unbranched alkanes of at least 4 members (excludes halogenated alkanes) is 1. The molecule has 3 rings (SSSR count). The van der Waals surface area contributed by atoms with Crippen molar-refractivity contribution in [2.75, 3.05) is 26.0 Å². The molecule has 1 heterocycles. The number of carbonyl (C=O) groups excluding carboxylic acids is 7. The predicted octanol–water partition coefficient (Wildman–Crippen LogP) is 4.56. The second-order valence-corrected chi connectivity index (χ2v) is 19.0. The zero-order valence-corrected chi connectivity index (χ0v) is 36.7. The molecular formula is C43H63N6O10P. The molecule has 330 valence electrons. The van der Waals surface area contributed by atoms with Gasteiger partial charge in [0.15, 0.2) is 0 Å². The number of nitrogens with one attached hydrogen (secondary N) is 5. The molecule has 60 heavy (non-hydrogen) atoms. The average molecular weight is 855 g/mol. The minimum absolute atomic E-state index is 0.0240. The molecule has 2 aromatic rings. The number of likely N-dealkylation sites (N-methyl/N-ethyl adjacent to an activating group) is 1. The number of hydrogen-bond donors (Lipinski definition) is 6. The highest BCUT2D eigenvalue weighted by molar-refractivity contribution is 7.58. The monoisotopic (exact) mass is 854 g/mol. The second-order valence-electron chi connectivity index (χ2n) is 16.6. The van der Waals surface area contributed by atoms with Crippen molar-refractivity contribution in [1.29, 1.82) is 0 Å². The molecule has 5 atom stereocenters. The van der Waals surface area contributed by atoms with Crippen LogP contribution in [0, 0.1) is 23.7 Å². The minimum atomic E-state index is -4.18. The fourth-order valence-electron chi connectivity index (χ4n) is 6.95. The zero-order chi connectivity index (χ0) is 44.6. The molecule has 0 fully saturated rings. The molecule has 17 heteroatoms. The van der Waals surface area contributed by atoms with Gasteiger partial charge in [-0.25, -0.2) is 4.79 Å². The van der Waals surface area contributed by atoms with E-state index in [-0.39, 0.29) is 56.1 Å². The van der Waals surface area contributed by atoms with E-state index in [1.165, 1.54) is 7.05 Å². The topological polar surface area (TPSA) is 229 Å². The Morgan fingerprint density at radius 2 is 1.22 bits per heavy atom. The quantitative estimate of drug-likeness (QED) is 0.0490. The standard InChI is InChI=1S/C43H63N6O10P/c1-27(2)21-31(37(50)46-35(22-28(3)4)38(51)44-7)25-60(57,58)26-45-39(52)36(23-29(5)6)47-40(53)34(48-43(56)59-24-30-15-9-8-10-16-30)19-13-14-20-49-41(54)32-17-11-12-18-33(32)42(49)55/h8-12,15-18,27-29,31,34-36H,13-14,19-26H2,1-7H3,(H,44,51)(H,45,52)(H,46,50)(H,47,53)(H,48,56)(H,57,58)/t31-,34+,35+,36+/m1/s1. The number of alkyl carbamates (subject to hydrolysis) is 1. The van der Waals surface area contributed by atoms with Crippen LogP contribution in [0.4, 0.5) is 4.79 Å². The smallest absolute Gasteiger partial charge is 0.408 e. The van der Waals surface area contributed by atoms with Gasteiger partial charge in [0.1, 0.15) is 24.7 Å². The molecule has 2 aromatic carbocycles. The molecule has 0 radical (unpaired) electrons. The molecule has 6 N–H and O–H groups in total. The summed E-state index contributed by atoms with van der Waals surface area (Å²) in [6.45, 7) is 11.3. The lowest BCUT2D eigenvalue weighted by Crippen LogP contribution is -2.54. The highest BCUT2D eigenvalue weighted by atomic mass is 31.2. The molecule has 16 nitrogen and oxygen atoms in total. The van der Waals surface area contributed by atoms with Gasteiger partial charge < -0.3 is 36.2 Å². The van der Waals surface area contributed by atoms with Crippen LogP contribution >= 0.6 is 7.37 Å². The molecule has 0 aromatic heterocycles. The Kier molecular flexibility index (Phi) is 19.4. The number of ether oxygens (including phenoxy) is 1. The molecule has 1 unspecified atom stereocenters. The van der Waals surface area contributed by atoms with E-state index in [4.69, 9.17) is 4.74 Å². The van der Waals surface area contributed by atoms with E-state index in [1.807, 2.05) is 47.6 Å². The van der Waals surface area contributed by atoms with E-state index in [2.05, 4.69) is 26.6 Å². The maximum absolute atomic E-state index is 13.8. The number of nitrogens with zero attached hydrogens (tertiary/aromatic N) is 1. The number of fused-ring (bicyclic) bond motifs is 1. The Bertz CT molecular complexity index is 1820. The summed E-state index contributed by atoms with van der Waals surface area (Å²) in [7, 11) is -2.71. The third-order valence-electron chi connectivity index (χ3n) is 9.88. The molecule has 0 spiro atoms. The van der Waals surface area contributed by atoms with Crippen molar-refractivity contribution >= 4 is 48.9 Å². The first-order valence-corrected chi connectivity index (χ1v) is 22.7. The Labute approximate surface area is 353 Å². The first kappa shape index (κ1) is 49.3. The van der Waals surface area contributed by atoms with Crippen LogP contribution in [-0.4, -0.2) is 95.5 Å². The second kappa shape index (κ2) is 23.6. The van der Waals surface area contributed by atoms with E-state index in [0.717, 1.165) is 10.5 Å². The van der Waals surface area contributed by atoms with Crippen LogP contribution in [0.3, 0.4) is 0 Å². The summed E-state index contributed by atoms with van der Waals surface area (Å²) in [5, 5.41) is 13.1. The first-order chi connectivity index (χ1) is 28.3. The van der Waals surface area contributed by atoms with Gasteiger partial charge in [0.2, 0.25) is 31.0 Å². The number of benzene rings is 2. The SMILES string of the molecule is CNC(=O)[C@H](CC(C)C)NC(=O)[C@H](CC(C)C)CP(=O)(O)CNC(=O)[C@H](CC(C)C)NC(=O)[C@H](CCCCN1C(=O)c2ccccc2C1=O)NC(=O)OCc1ccccc1. The van der Waals surface area contributed by atoms with Crippen molar-refractivity contribution in [3.05, 3.63) is 71.3 Å². The van der Waals surface area contributed by atoms with Crippen molar-refractivity contribution in [3.8, 4) is 0 Å². The summed E-state index contributed by atoms with van der Waals surface area (Å²) in [5.74, 6) is -4.12. The molecule has 0 bridgehead atoms. The van der Waals surface area contributed by atoms with Gasteiger partial charge in [-0.15, -0.1) is 0 Å². The van der Waals surface area contributed by atoms with Gasteiger partial charge in [0.25, 0.3) is 11.8 Å². The van der Waals surface area contributed by atoms with Gasteiger partial charge in [-0.1, -0.05) is 84.0 Å². The van der Waals surface area contributed by atoms with Crippen molar-refractivity contribution in [2.24, 2.45) is 23.7 Å². The van der Waals surface area contributed by atoms with Crippen LogP contribution in [0.5, 0.6) is 0 Å². The van der Waals surface area contributed by atoms with Gasteiger partial charge in [-0.05, 0) is 74.0 Å². The highest BCUT2D eigenvalue weighted by Crippen LogP contribution is 2.42. The predicted molar refractivity (Wildman–Crippen MR) is 227 cm³/mol. The van der Waals surface area contributed by atoms with Gasteiger partial charge in [-0.2, -0.15) is 0 Å². The molecule has 0 saturated carbocycles. The molecule has 0 saturated heterocycles. The van der Waals surface area contributed by atoms with Crippen LogP contribution in [-0.2, 0) is 35.1 Å². The minimum Gasteiger partial charge on any atom is -0.445 e. The molecule has 1 aliphatic heterocycles. The normalized spacial score (nSPS) is 15.4. The summed E-state index contributed by atoms with van der Waals surface area (Å²) < 4.78 is 18.9. The van der Waals surface area contributed by atoms with E-state index in [0.29, 0.717) is 30.4 Å². The Morgan fingerprint density at radius 1 is 0.683 bits per heavy atom. The molecular weight excluding hydrogens is 791 g/mol. The van der Waals surface area contributed by atoms with E-state index >= 15 is 0 Å². The largest absolute Gasteiger partial charge is 0.445 e. The van der Waals surface area contributed by atoms with Gasteiger partial charge in [0, 0.05) is 25.7 Å². The third kappa shape index (κ3) is 15.8. The zero-order valence-electron chi connectivity index (χ0n) is 35.8. The lowest BCUT2D eigenvalue weighted by atomic mass is 9.96. The Morgan fingerprint density at radius 3 is 1.77 bits per heavy atom. The molecule has 0 aliphatic carbocycles. The summed E-state index contributed by atoms with van der Waals surface area (Å²) in [4.78, 5) is 104. The first-order valence-electron chi connectivity index (χ1n) is 20.6. The van der Waals surface area contributed by atoms with Gasteiger partial charge >= 0.3 is 6.09 Å². The lowest BCUT2D eigenvalue weighted by Gasteiger charge is -2.26. The Hall–Kier alpha value is -5.08. The summed E-state index contributed by atoms with van der Waals surface area (Å²) in [6, 6.07) is 12.3. The van der Waals surface area contributed by atoms with Crippen molar-refractivity contribution < 1.29 is 47.8 Å². The van der Waals surface area contributed by atoms with Crippen LogP contribution in [0.15, 0.2) is 54.6 Å². The summed E-state index contributed by atoms with van der Waals surface area (Å²) in [6.07, 6.45) is -0.537. The van der Waals surface area contributed by atoms with Gasteiger partial charge in [0.05, 0.1) is 17.4 Å². The van der Waals surface area contributed by atoms with Crippen molar-refractivity contribution in [2.45, 2.75) is 105 Å². The van der Waals surface area contributed by atoms with Crippen LogP contribution in [0.2, 0.25) is 0 Å². The highest BCUT2D eigenvalue weighted by Gasteiger charge is 2.36. The number of carbonyl (C=O) groups is 7. The molecule has 1 aliphatic rings. The van der Waals surface area contributed by atoms with Gasteiger partial charge in [-0.3, -0.25) is 38.2 Å². The number of rotatable bonds is 24. The lowest BCUT2D eigenvalue weighted by molar-refractivity contribution is -0.131. The maximum Gasteiger partial charge on any atom is 0.408 e. The number of imide groups is 1.